The van der Waals surface area contributed by atoms with E-state index in [1.54, 1.807) is 18.3 Å². The fourth-order valence-electron chi connectivity index (χ4n) is 3.41. The molecule has 3 rings (SSSR count). The molecule has 0 bridgehead atoms. The summed E-state index contributed by atoms with van der Waals surface area (Å²) in [5.41, 5.74) is 2.11. The van der Waals surface area contributed by atoms with E-state index in [0.29, 0.717) is 12.3 Å². The van der Waals surface area contributed by atoms with E-state index >= 15 is 0 Å². The Hall–Kier alpha value is -2.17. The maximum atomic E-state index is 13.2. The average Bonchev–Trinajstić information content (AvgIpc) is 3.12. The summed E-state index contributed by atoms with van der Waals surface area (Å²) >= 11 is 0. The summed E-state index contributed by atoms with van der Waals surface area (Å²) in [6, 6.07) is 6.82. The third-order valence-electron chi connectivity index (χ3n) is 4.78. The van der Waals surface area contributed by atoms with Crippen molar-refractivity contribution in [2.75, 3.05) is 13.1 Å². The number of rotatable bonds is 6. The number of nitrogens with one attached hydrogen (secondary N) is 1. The number of benzene rings is 1. The van der Waals surface area contributed by atoms with Crippen LogP contribution in [0.25, 0.3) is 0 Å². The summed E-state index contributed by atoms with van der Waals surface area (Å²) in [6.07, 6.45) is 8.98. The number of carbonyl (C=O) groups is 1. The summed E-state index contributed by atoms with van der Waals surface area (Å²) in [5, 5.41) is 6.68. The fraction of sp³-hybridized carbons (Fsp3) is 0.474. The quantitative estimate of drug-likeness (QED) is 0.883. The molecule has 1 fully saturated rings. The molecule has 2 heterocycles. The van der Waals surface area contributed by atoms with Crippen LogP contribution in [0.15, 0.2) is 36.7 Å². The molecule has 0 radical (unpaired) electrons. The van der Waals surface area contributed by atoms with Crippen LogP contribution in [-0.4, -0.2) is 34.1 Å². The van der Waals surface area contributed by atoms with Gasteiger partial charge in [-0.1, -0.05) is 12.1 Å². The van der Waals surface area contributed by atoms with E-state index in [2.05, 4.69) is 10.2 Å². The lowest BCUT2D eigenvalue weighted by Crippen LogP contribution is -2.40. The summed E-state index contributed by atoms with van der Waals surface area (Å²) < 4.78 is 13.2. The van der Waals surface area contributed by atoms with Crippen molar-refractivity contribution in [3.63, 3.8) is 0 Å². The molecule has 0 spiro atoms. The number of aryl methyl sites for hydroxylation is 2. The van der Waals surface area contributed by atoms with Crippen LogP contribution in [0.1, 0.15) is 36.8 Å². The number of aromatic nitrogens is 2. The maximum Gasteiger partial charge on any atom is 0.222 e. The largest absolute Gasteiger partial charge is 0.342 e. The number of nitrogens with zero attached hydrogens (tertiary/aromatic N) is 2. The van der Waals surface area contributed by atoms with Crippen LogP contribution in [0.5, 0.6) is 0 Å². The van der Waals surface area contributed by atoms with E-state index in [1.165, 1.54) is 6.07 Å². The van der Waals surface area contributed by atoms with Gasteiger partial charge in [0.1, 0.15) is 5.82 Å². The molecule has 1 saturated heterocycles. The molecule has 0 aliphatic carbocycles. The van der Waals surface area contributed by atoms with E-state index in [4.69, 9.17) is 0 Å². The molecular formula is C19H24FN3O. The van der Waals surface area contributed by atoms with Gasteiger partial charge in [-0.2, -0.15) is 5.10 Å². The second kappa shape index (κ2) is 8.08. The minimum atomic E-state index is -0.174. The van der Waals surface area contributed by atoms with Crippen LogP contribution >= 0.6 is 0 Å². The van der Waals surface area contributed by atoms with Gasteiger partial charge in [0.15, 0.2) is 0 Å². The Morgan fingerprint density at radius 1 is 1.33 bits per heavy atom. The van der Waals surface area contributed by atoms with Crippen molar-refractivity contribution in [3.8, 4) is 0 Å². The first-order chi connectivity index (χ1) is 11.7. The lowest BCUT2D eigenvalue weighted by atomic mass is 9.91. The van der Waals surface area contributed by atoms with Crippen molar-refractivity contribution >= 4 is 5.91 Å². The van der Waals surface area contributed by atoms with Crippen molar-refractivity contribution in [3.05, 3.63) is 53.6 Å². The Kier molecular flexibility index (Phi) is 5.62. The zero-order valence-corrected chi connectivity index (χ0v) is 13.9. The standard InChI is InChI=1S/C19H24FN3O/c20-18-5-1-3-15(11-18)6-7-16-4-2-10-23(14-16)19(24)9-8-17-12-21-22-13-17/h1,3,5,11-13,16H,2,4,6-10,14H2,(H,21,22). The van der Waals surface area contributed by atoms with E-state index in [0.717, 1.165) is 56.3 Å². The number of halogens is 1. The lowest BCUT2D eigenvalue weighted by Gasteiger charge is -2.33. The van der Waals surface area contributed by atoms with Gasteiger partial charge in [-0.05, 0) is 61.3 Å². The molecule has 5 heteroatoms. The highest BCUT2D eigenvalue weighted by Gasteiger charge is 2.23. The number of hydrogen-bond donors (Lipinski definition) is 1. The van der Waals surface area contributed by atoms with Crippen molar-refractivity contribution in [2.45, 2.75) is 38.5 Å². The number of likely N-dealkylation sites (tertiary alicyclic amines) is 1. The van der Waals surface area contributed by atoms with Crippen LogP contribution in [0.3, 0.4) is 0 Å². The van der Waals surface area contributed by atoms with Gasteiger partial charge in [-0.15, -0.1) is 0 Å². The molecule has 24 heavy (non-hydrogen) atoms. The first kappa shape index (κ1) is 16.7. The molecule has 1 aliphatic heterocycles. The van der Waals surface area contributed by atoms with Crippen molar-refractivity contribution in [2.24, 2.45) is 5.92 Å². The van der Waals surface area contributed by atoms with Crippen molar-refractivity contribution in [1.29, 1.82) is 0 Å². The topological polar surface area (TPSA) is 49.0 Å². The molecule has 1 amide bonds. The van der Waals surface area contributed by atoms with Crippen molar-refractivity contribution in [1.82, 2.24) is 15.1 Å². The normalized spacial score (nSPS) is 17.9. The van der Waals surface area contributed by atoms with Gasteiger partial charge in [0.25, 0.3) is 0 Å². The summed E-state index contributed by atoms with van der Waals surface area (Å²) in [5.74, 6) is 0.568. The summed E-state index contributed by atoms with van der Waals surface area (Å²) in [7, 11) is 0. The number of aromatic amines is 1. The number of carbonyl (C=O) groups excluding carboxylic acids is 1. The van der Waals surface area contributed by atoms with Crippen LogP contribution in [0.4, 0.5) is 4.39 Å². The Bertz CT molecular complexity index is 656. The number of amides is 1. The first-order valence-corrected chi connectivity index (χ1v) is 8.70. The maximum absolute atomic E-state index is 13.2. The Balaban J connectivity index is 1.46. The molecule has 1 atom stereocenters. The van der Waals surface area contributed by atoms with Crippen LogP contribution < -0.4 is 0 Å². The van der Waals surface area contributed by atoms with Gasteiger partial charge in [-0.3, -0.25) is 9.89 Å². The van der Waals surface area contributed by atoms with Gasteiger partial charge in [0.2, 0.25) is 5.91 Å². The molecule has 0 saturated carbocycles. The van der Waals surface area contributed by atoms with Gasteiger partial charge in [0.05, 0.1) is 6.20 Å². The number of H-pyrrole nitrogens is 1. The van der Waals surface area contributed by atoms with Crippen LogP contribution in [0.2, 0.25) is 0 Å². The smallest absolute Gasteiger partial charge is 0.222 e. The molecule has 1 aliphatic rings. The average molecular weight is 329 g/mol. The summed E-state index contributed by atoms with van der Waals surface area (Å²) in [6.45, 7) is 1.69. The second-order valence-corrected chi connectivity index (χ2v) is 6.62. The minimum Gasteiger partial charge on any atom is -0.342 e. The van der Waals surface area contributed by atoms with Crippen LogP contribution in [-0.2, 0) is 17.6 Å². The number of hydrogen-bond acceptors (Lipinski definition) is 2. The monoisotopic (exact) mass is 329 g/mol. The molecule has 1 aromatic heterocycles. The zero-order chi connectivity index (χ0) is 16.8. The third-order valence-corrected chi connectivity index (χ3v) is 4.78. The van der Waals surface area contributed by atoms with Gasteiger partial charge in [-0.25, -0.2) is 4.39 Å². The van der Waals surface area contributed by atoms with Crippen molar-refractivity contribution < 1.29 is 9.18 Å². The fourth-order valence-corrected chi connectivity index (χ4v) is 3.41. The van der Waals surface area contributed by atoms with Gasteiger partial charge < -0.3 is 4.90 Å². The third kappa shape index (κ3) is 4.66. The van der Waals surface area contributed by atoms with E-state index in [1.807, 2.05) is 17.2 Å². The SMILES string of the molecule is O=C(CCc1cn[nH]c1)N1CCCC(CCc2cccc(F)c2)C1. The van der Waals surface area contributed by atoms with Gasteiger partial charge in [0, 0.05) is 25.7 Å². The second-order valence-electron chi connectivity index (χ2n) is 6.62. The molecule has 1 aromatic carbocycles. The van der Waals surface area contributed by atoms with E-state index in [9.17, 15) is 9.18 Å². The highest BCUT2D eigenvalue weighted by atomic mass is 19.1. The minimum absolute atomic E-state index is 0.174. The summed E-state index contributed by atoms with van der Waals surface area (Å²) in [4.78, 5) is 14.4. The Morgan fingerprint density at radius 2 is 2.25 bits per heavy atom. The highest BCUT2D eigenvalue weighted by molar-refractivity contribution is 5.76. The van der Waals surface area contributed by atoms with E-state index < -0.39 is 0 Å². The molecule has 4 nitrogen and oxygen atoms in total. The number of piperidine rings is 1. The van der Waals surface area contributed by atoms with Crippen LogP contribution in [0, 0.1) is 11.7 Å². The molecular weight excluding hydrogens is 305 g/mol. The predicted molar refractivity (Wildman–Crippen MR) is 90.9 cm³/mol. The predicted octanol–water partition coefficient (Wildman–Crippen LogP) is 3.35. The first-order valence-electron chi connectivity index (χ1n) is 8.70. The molecule has 128 valence electrons. The highest BCUT2D eigenvalue weighted by Crippen LogP contribution is 2.22. The Labute approximate surface area is 142 Å². The zero-order valence-electron chi connectivity index (χ0n) is 13.9. The van der Waals surface area contributed by atoms with E-state index in [-0.39, 0.29) is 11.7 Å². The lowest BCUT2D eigenvalue weighted by molar-refractivity contribution is -0.133. The molecule has 1 N–H and O–H groups in total. The molecule has 1 unspecified atom stereocenters. The Morgan fingerprint density at radius 3 is 3.04 bits per heavy atom. The van der Waals surface area contributed by atoms with Gasteiger partial charge >= 0.3 is 0 Å². The molecule has 2 aromatic rings.